The predicted octanol–water partition coefficient (Wildman–Crippen LogP) is 8.99. The zero-order valence-electron chi connectivity index (χ0n) is 25.4. The number of Topliss-reactive ketones (excluding diaryl/α,β-unsaturated/α-hetero) is 2. The van der Waals surface area contributed by atoms with Crippen molar-refractivity contribution in [2.24, 2.45) is 0 Å². The van der Waals surface area contributed by atoms with E-state index in [4.69, 9.17) is 42.1 Å². The standard InChI is InChI=1S/2C16H12ClF2O3.2CH3.Ti/c2*17-11-2-1-3-13(8-11)22-10-21-7-6-16(20)14-5-4-12(18)9-15(14)19;;;/h2*1-5,8H,6-7,10H2;2*1H3;/q4*-1;+4. The van der Waals surface area contributed by atoms with Gasteiger partial charge in [0.25, 0.3) is 0 Å². The Hall–Kier alpha value is -3.25. The molecule has 0 atom stereocenters. The van der Waals surface area contributed by atoms with E-state index in [9.17, 15) is 27.2 Å². The molecule has 248 valence electrons. The quantitative estimate of drug-likeness (QED) is 0.0323. The smallest absolute Gasteiger partial charge is 0.468 e. The maximum atomic E-state index is 13.3. The van der Waals surface area contributed by atoms with Gasteiger partial charge in [-0.15, -0.1) is 24.3 Å². The molecule has 0 aliphatic heterocycles. The molecule has 0 spiro atoms. The Morgan fingerprint density at radius 3 is 1.34 bits per heavy atom. The molecule has 0 radical (unpaired) electrons. The van der Waals surface area contributed by atoms with Crippen LogP contribution >= 0.6 is 23.2 Å². The van der Waals surface area contributed by atoms with Crippen LogP contribution in [-0.2, 0) is 31.2 Å². The number of carbonyl (C=O) groups excluding carboxylic acids is 2. The summed E-state index contributed by atoms with van der Waals surface area (Å²) in [5.41, 5.74) is -0.415. The molecular formula is C34H30Cl2F4O6Ti. The van der Waals surface area contributed by atoms with E-state index in [2.05, 4.69) is 0 Å². The van der Waals surface area contributed by atoms with Crippen LogP contribution in [0.1, 0.15) is 33.6 Å². The first kappa shape index (κ1) is 43.8. The van der Waals surface area contributed by atoms with Gasteiger partial charge in [0.2, 0.25) is 0 Å². The van der Waals surface area contributed by atoms with Crippen molar-refractivity contribution >= 4 is 34.8 Å². The second kappa shape index (κ2) is 23.1. The van der Waals surface area contributed by atoms with Crippen LogP contribution in [0.4, 0.5) is 17.6 Å². The van der Waals surface area contributed by atoms with Gasteiger partial charge in [0.05, 0.1) is 13.2 Å². The molecule has 0 bridgehead atoms. The number of ketones is 2. The van der Waals surface area contributed by atoms with Crippen molar-refractivity contribution in [2.45, 2.75) is 12.8 Å². The van der Waals surface area contributed by atoms with Gasteiger partial charge < -0.3 is 43.4 Å². The molecule has 4 rings (SSSR count). The number of rotatable bonds is 14. The van der Waals surface area contributed by atoms with Crippen molar-refractivity contribution in [3.05, 3.63) is 144 Å². The minimum atomic E-state index is -1.000. The summed E-state index contributed by atoms with van der Waals surface area (Å²) < 4.78 is 72.9. The predicted molar refractivity (Wildman–Crippen MR) is 167 cm³/mol. The number of ether oxygens (including phenoxy) is 4. The average molecular weight is 729 g/mol. The zero-order valence-corrected chi connectivity index (χ0v) is 28.5. The summed E-state index contributed by atoms with van der Waals surface area (Å²) in [5.74, 6) is -3.59. The Kier molecular flexibility index (Phi) is 21.5. The second-order valence-corrected chi connectivity index (χ2v) is 9.54. The van der Waals surface area contributed by atoms with E-state index >= 15 is 0 Å². The summed E-state index contributed by atoms with van der Waals surface area (Å²) in [7, 11) is 0. The molecule has 0 amide bonds. The minimum Gasteiger partial charge on any atom is -0.468 e. The number of carbonyl (C=O) groups is 2. The number of benzene rings is 4. The van der Waals surface area contributed by atoms with Crippen molar-refractivity contribution in [1.82, 2.24) is 0 Å². The molecular weight excluding hydrogens is 699 g/mol. The van der Waals surface area contributed by atoms with Gasteiger partial charge >= 0.3 is 21.7 Å². The van der Waals surface area contributed by atoms with E-state index in [0.29, 0.717) is 21.5 Å². The molecule has 6 nitrogen and oxygen atoms in total. The largest absolute Gasteiger partial charge is 4.00 e. The van der Waals surface area contributed by atoms with Crippen LogP contribution in [0.25, 0.3) is 0 Å². The molecule has 0 saturated carbocycles. The average Bonchev–Trinajstić information content (AvgIpc) is 2.97. The van der Waals surface area contributed by atoms with Gasteiger partial charge in [-0.1, -0.05) is 46.5 Å². The van der Waals surface area contributed by atoms with Gasteiger partial charge in [0.15, 0.2) is 13.6 Å². The van der Waals surface area contributed by atoms with Gasteiger partial charge in [-0.25, -0.2) is 17.6 Å². The van der Waals surface area contributed by atoms with E-state index in [0.717, 1.165) is 24.3 Å². The van der Waals surface area contributed by atoms with Crippen molar-refractivity contribution < 1.29 is 67.8 Å². The topological polar surface area (TPSA) is 71.1 Å². The van der Waals surface area contributed by atoms with E-state index < -0.39 is 34.8 Å². The van der Waals surface area contributed by atoms with E-state index in [1.807, 2.05) is 12.1 Å². The van der Waals surface area contributed by atoms with Crippen molar-refractivity contribution in [3.8, 4) is 11.5 Å². The van der Waals surface area contributed by atoms with Crippen LogP contribution in [0.15, 0.2) is 72.8 Å². The molecule has 4 aromatic carbocycles. The Morgan fingerprint density at radius 2 is 1.00 bits per heavy atom. The van der Waals surface area contributed by atoms with Crippen LogP contribution < -0.4 is 9.47 Å². The summed E-state index contributed by atoms with van der Waals surface area (Å²) >= 11 is 11.6. The van der Waals surface area contributed by atoms with Gasteiger partial charge in [-0.2, -0.15) is 12.1 Å². The van der Waals surface area contributed by atoms with Gasteiger partial charge in [-0.3, -0.25) is 0 Å². The fourth-order valence-corrected chi connectivity index (χ4v) is 3.73. The van der Waals surface area contributed by atoms with Gasteiger partial charge in [0, 0.05) is 46.2 Å². The molecule has 0 aliphatic carbocycles. The monoisotopic (exact) mass is 728 g/mol. The summed E-state index contributed by atoms with van der Waals surface area (Å²) in [6.07, 6.45) is -0.0927. The zero-order chi connectivity index (χ0) is 31.9. The van der Waals surface area contributed by atoms with Gasteiger partial charge in [-0.05, 0) is 36.4 Å². The number of halogens is 6. The molecule has 0 heterocycles. The summed E-state index contributed by atoms with van der Waals surface area (Å²) in [5, 5.41) is 1.08. The van der Waals surface area contributed by atoms with Gasteiger partial charge in [0.1, 0.15) is 23.1 Å². The first-order valence-electron chi connectivity index (χ1n) is 12.9. The molecule has 4 aromatic rings. The van der Waals surface area contributed by atoms with E-state index in [1.165, 1.54) is 0 Å². The SMILES string of the molecule is O=C(CCOCOc1cccc(Cl)c1)c1ccc(F)[c-]c1F.O=C(CCOCOc1cccc(Cl)c1)c1ccc(F)[c-]c1F.[CH3-].[CH3-].[Ti+4]. The van der Waals surface area contributed by atoms with E-state index in [1.54, 1.807) is 48.5 Å². The van der Waals surface area contributed by atoms with Crippen molar-refractivity contribution in [3.63, 3.8) is 0 Å². The Balaban J connectivity index is 0.000000846. The van der Waals surface area contributed by atoms with Crippen LogP contribution in [0.3, 0.4) is 0 Å². The fourth-order valence-electron chi connectivity index (χ4n) is 3.37. The van der Waals surface area contributed by atoms with Crippen LogP contribution in [0.2, 0.25) is 10.0 Å². The maximum Gasteiger partial charge on any atom is 4.00 e. The third kappa shape index (κ3) is 15.9. The van der Waals surface area contributed by atoms with E-state index in [-0.39, 0.29) is 87.3 Å². The van der Waals surface area contributed by atoms with Crippen LogP contribution in [0, 0.1) is 50.3 Å². The number of hydrogen-bond donors (Lipinski definition) is 0. The molecule has 0 aliphatic rings. The third-order valence-corrected chi connectivity index (χ3v) is 5.95. The summed E-state index contributed by atoms with van der Waals surface area (Å²) in [6, 6.07) is 21.3. The molecule has 13 heteroatoms. The normalized spacial score (nSPS) is 9.83. The van der Waals surface area contributed by atoms with Crippen LogP contribution in [0.5, 0.6) is 11.5 Å². The Morgan fingerprint density at radius 1 is 0.617 bits per heavy atom. The molecule has 0 fully saturated rings. The first-order valence-corrected chi connectivity index (χ1v) is 13.6. The Bertz CT molecular complexity index is 1450. The molecule has 47 heavy (non-hydrogen) atoms. The minimum absolute atomic E-state index is 0. The summed E-state index contributed by atoms with van der Waals surface area (Å²) in [6.45, 7) is -0.0241. The molecule has 0 N–H and O–H groups in total. The van der Waals surface area contributed by atoms with Crippen LogP contribution in [-0.4, -0.2) is 38.4 Å². The molecule has 0 saturated heterocycles. The summed E-state index contributed by atoms with van der Waals surface area (Å²) in [4.78, 5) is 23.5. The fraction of sp³-hybridized carbons (Fsp3) is 0.176. The Labute approximate surface area is 296 Å². The number of hydrogen-bond acceptors (Lipinski definition) is 6. The van der Waals surface area contributed by atoms with Crippen molar-refractivity contribution in [1.29, 1.82) is 0 Å². The first-order chi connectivity index (χ1) is 21.1. The second-order valence-electron chi connectivity index (χ2n) is 8.67. The van der Waals surface area contributed by atoms with Crippen molar-refractivity contribution in [2.75, 3.05) is 26.8 Å². The molecule has 0 aromatic heterocycles. The molecule has 0 unspecified atom stereocenters. The third-order valence-electron chi connectivity index (χ3n) is 5.48. The maximum absolute atomic E-state index is 13.3.